The Bertz CT molecular complexity index is 504. The minimum atomic E-state index is -1.04. The molecule has 1 aliphatic rings. The van der Waals surface area contributed by atoms with Crippen molar-refractivity contribution in [1.82, 2.24) is 4.90 Å². The number of rotatable bonds is 2. The van der Waals surface area contributed by atoms with E-state index < -0.39 is 17.8 Å². The van der Waals surface area contributed by atoms with Crippen LogP contribution in [0.1, 0.15) is 23.2 Å². The van der Waals surface area contributed by atoms with Gasteiger partial charge in [-0.05, 0) is 37.1 Å². The van der Waals surface area contributed by atoms with E-state index in [0.717, 1.165) is 12.8 Å². The van der Waals surface area contributed by atoms with Gasteiger partial charge < -0.3 is 15.3 Å². The van der Waals surface area contributed by atoms with Gasteiger partial charge >= 0.3 is 17.8 Å². The highest BCUT2D eigenvalue weighted by Crippen LogP contribution is 2.11. The molecule has 2 N–H and O–H groups in total. The second kappa shape index (κ2) is 5.51. The van der Waals surface area contributed by atoms with E-state index in [4.69, 9.17) is 5.11 Å². The first kappa shape index (κ1) is 13.1. The maximum atomic E-state index is 11.7. The number of carboxylic acid groups (broad SMARTS) is 1. The van der Waals surface area contributed by atoms with Crippen molar-refractivity contribution in [1.29, 1.82) is 0 Å². The lowest BCUT2D eigenvalue weighted by molar-refractivity contribution is -0.142. The summed E-state index contributed by atoms with van der Waals surface area (Å²) in [4.78, 5) is 35.6. The zero-order valence-corrected chi connectivity index (χ0v) is 10.3. The number of anilines is 1. The number of aromatic carboxylic acids is 1. The third kappa shape index (κ3) is 3.09. The van der Waals surface area contributed by atoms with Crippen LogP contribution in [-0.2, 0) is 9.59 Å². The summed E-state index contributed by atoms with van der Waals surface area (Å²) < 4.78 is 0. The van der Waals surface area contributed by atoms with Crippen LogP contribution in [0, 0.1) is 0 Å². The minimum Gasteiger partial charge on any atom is -0.478 e. The molecular weight excluding hydrogens is 248 g/mol. The highest BCUT2D eigenvalue weighted by Gasteiger charge is 2.24. The zero-order valence-electron chi connectivity index (χ0n) is 10.3. The molecule has 1 heterocycles. The number of nitrogens with one attached hydrogen (secondary N) is 1. The van der Waals surface area contributed by atoms with Gasteiger partial charge in [0, 0.05) is 18.8 Å². The predicted molar refractivity (Wildman–Crippen MR) is 67.8 cm³/mol. The van der Waals surface area contributed by atoms with Crippen LogP contribution >= 0.6 is 0 Å². The molecule has 1 saturated heterocycles. The monoisotopic (exact) mass is 262 g/mol. The van der Waals surface area contributed by atoms with Gasteiger partial charge in [-0.1, -0.05) is 0 Å². The van der Waals surface area contributed by atoms with Crippen molar-refractivity contribution in [2.75, 3.05) is 18.4 Å². The van der Waals surface area contributed by atoms with E-state index in [1.807, 2.05) is 0 Å². The van der Waals surface area contributed by atoms with Crippen LogP contribution in [0.15, 0.2) is 24.3 Å². The van der Waals surface area contributed by atoms with E-state index in [9.17, 15) is 14.4 Å². The number of benzene rings is 1. The molecule has 0 saturated carbocycles. The van der Waals surface area contributed by atoms with Crippen LogP contribution in [0.2, 0.25) is 0 Å². The highest BCUT2D eigenvalue weighted by atomic mass is 16.4. The van der Waals surface area contributed by atoms with Gasteiger partial charge in [0.25, 0.3) is 0 Å². The van der Waals surface area contributed by atoms with Gasteiger partial charge in [-0.15, -0.1) is 0 Å². The minimum absolute atomic E-state index is 0.129. The normalized spacial score (nSPS) is 14.2. The van der Waals surface area contributed by atoms with E-state index in [0.29, 0.717) is 18.8 Å². The van der Waals surface area contributed by atoms with Crippen molar-refractivity contribution in [2.24, 2.45) is 0 Å². The number of amides is 2. The first-order valence-corrected chi connectivity index (χ1v) is 6.01. The van der Waals surface area contributed by atoms with E-state index >= 15 is 0 Å². The maximum absolute atomic E-state index is 11.7. The quantitative estimate of drug-likeness (QED) is 0.777. The molecule has 19 heavy (non-hydrogen) atoms. The first-order valence-electron chi connectivity index (χ1n) is 6.01. The van der Waals surface area contributed by atoms with Crippen LogP contribution in [0.3, 0.4) is 0 Å². The zero-order chi connectivity index (χ0) is 13.8. The third-order valence-corrected chi connectivity index (χ3v) is 2.98. The molecule has 0 bridgehead atoms. The Morgan fingerprint density at radius 3 is 2.16 bits per heavy atom. The van der Waals surface area contributed by atoms with Crippen molar-refractivity contribution in [3.05, 3.63) is 29.8 Å². The molecular formula is C13H14N2O4. The molecule has 0 atom stereocenters. The van der Waals surface area contributed by atoms with E-state index in [-0.39, 0.29) is 5.56 Å². The van der Waals surface area contributed by atoms with Gasteiger partial charge in [0.05, 0.1) is 5.56 Å². The molecule has 0 aromatic heterocycles. The smallest absolute Gasteiger partial charge is 0.335 e. The van der Waals surface area contributed by atoms with Gasteiger partial charge in [0.1, 0.15) is 0 Å². The van der Waals surface area contributed by atoms with Crippen molar-refractivity contribution < 1.29 is 19.5 Å². The Morgan fingerprint density at radius 1 is 1.05 bits per heavy atom. The number of hydrogen-bond acceptors (Lipinski definition) is 3. The van der Waals surface area contributed by atoms with Crippen molar-refractivity contribution >= 4 is 23.5 Å². The lowest BCUT2D eigenvalue weighted by Crippen LogP contribution is -2.37. The van der Waals surface area contributed by atoms with E-state index in [2.05, 4.69) is 5.32 Å². The molecule has 1 fully saturated rings. The summed E-state index contributed by atoms with van der Waals surface area (Å²) in [7, 11) is 0. The summed E-state index contributed by atoms with van der Waals surface area (Å²) in [5.74, 6) is -2.27. The molecule has 0 radical (unpaired) electrons. The second-order valence-corrected chi connectivity index (χ2v) is 4.34. The van der Waals surface area contributed by atoms with Gasteiger partial charge in [-0.2, -0.15) is 0 Å². The molecule has 1 aliphatic heterocycles. The number of hydrogen-bond donors (Lipinski definition) is 2. The average Bonchev–Trinajstić information content (AvgIpc) is 2.92. The Morgan fingerprint density at radius 2 is 1.63 bits per heavy atom. The molecule has 1 aromatic rings. The highest BCUT2D eigenvalue weighted by molar-refractivity contribution is 6.39. The Labute approximate surface area is 110 Å². The van der Waals surface area contributed by atoms with Gasteiger partial charge in [0.2, 0.25) is 0 Å². The van der Waals surface area contributed by atoms with E-state index in [1.165, 1.54) is 29.2 Å². The fourth-order valence-corrected chi connectivity index (χ4v) is 1.94. The third-order valence-electron chi connectivity index (χ3n) is 2.98. The molecule has 2 rings (SSSR count). The fourth-order valence-electron chi connectivity index (χ4n) is 1.94. The number of likely N-dealkylation sites (tertiary alicyclic amines) is 1. The molecule has 6 nitrogen and oxygen atoms in total. The number of nitrogens with zero attached hydrogens (tertiary/aromatic N) is 1. The summed E-state index contributed by atoms with van der Waals surface area (Å²) in [6, 6.07) is 5.66. The Kier molecular flexibility index (Phi) is 3.79. The number of carbonyl (C=O) groups excluding carboxylic acids is 2. The standard InChI is InChI=1S/C13H14N2O4/c16-11(12(17)15-7-1-2-8-15)14-10-5-3-9(4-6-10)13(18)19/h3-6H,1-2,7-8H2,(H,14,16)(H,18,19). The summed E-state index contributed by atoms with van der Waals surface area (Å²) in [6.07, 6.45) is 1.85. The molecule has 2 amide bonds. The number of carboxylic acids is 1. The Balaban J connectivity index is 1.98. The van der Waals surface area contributed by atoms with Gasteiger partial charge in [-0.3, -0.25) is 9.59 Å². The van der Waals surface area contributed by atoms with Crippen LogP contribution in [0.25, 0.3) is 0 Å². The van der Waals surface area contributed by atoms with Crippen molar-refractivity contribution in [2.45, 2.75) is 12.8 Å². The summed E-state index contributed by atoms with van der Waals surface area (Å²) in [5.41, 5.74) is 0.534. The van der Waals surface area contributed by atoms with Crippen LogP contribution in [0.4, 0.5) is 5.69 Å². The molecule has 0 spiro atoms. The van der Waals surface area contributed by atoms with Crippen LogP contribution < -0.4 is 5.32 Å². The van der Waals surface area contributed by atoms with E-state index in [1.54, 1.807) is 0 Å². The summed E-state index contributed by atoms with van der Waals surface area (Å²) in [6.45, 7) is 1.23. The second-order valence-electron chi connectivity index (χ2n) is 4.34. The summed E-state index contributed by atoms with van der Waals surface area (Å²) >= 11 is 0. The van der Waals surface area contributed by atoms with Crippen LogP contribution in [-0.4, -0.2) is 40.9 Å². The maximum Gasteiger partial charge on any atom is 0.335 e. The number of carbonyl (C=O) groups is 3. The molecule has 100 valence electrons. The molecule has 0 unspecified atom stereocenters. The Hall–Kier alpha value is -2.37. The molecule has 1 aromatic carbocycles. The fraction of sp³-hybridized carbons (Fsp3) is 0.308. The van der Waals surface area contributed by atoms with Crippen LogP contribution in [0.5, 0.6) is 0 Å². The predicted octanol–water partition coefficient (Wildman–Crippen LogP) is 0.946. The van der Waals surface area contributed by atoms with Crippen molar-refractivity contribution in [3.8, 4) is 0 Å². The first-order chi connectivity index (χ1) is 9.08. The lowest BCUT2D eigenvalue weighted by Gasteiger charge is -2.14. The molecule has 0 aliphatic carbocycles. The largest absolute Gasteiger partial charge is 0.478 e. The average molecular weight is 262 g/mol. The van der Waals surface area contributed by atoms with Gasteiger partial charge in [0.15, 0.2) is 0 Å². The van der Waals surface area contributed by atoms with Gasteiger partial charge in [-0.25, -0.2) is 4.79 Å². The SMILES string of the molecule is O=C(Nc1ccc(C(=O)O)cc1)C(=O)N1CCCC1. The lowest BCUT2D eigenvalue weighted by atomic mass is 10.2. The topological polar surface area (TPSA) is 86.7 Å². The summed E-state index contributed by atoms with van der Waals surface area (Å²) in [5, 5.41) is 11.2. The van der Waals surface area contributed by atoms with Crippen molar-refractivity contribution in [3.63, 3.8) is 0 Å². The molecule has 6 heteroatoms.